The molecule has 0 aliphatic carbocycles. The summed E-state index contributed by atoms with van der Waals surface area (Å²) in [6.45, 7) is 2.17. The molecule has 0 bridgehead atoms. The lowest BCUT2D eigenvalue weighted by Crippen LogP contribution is -2.06. The van der Waals surface area contributed by atoms with E-state index in [1.54, 1.807) is 16.9 Å². The van der Waals surface area contributed by atoms with Crippen LogP contribution in [0.15, 0.2) is 12.4 Å². The number of unbranched alkanes of at least 4 members (excludes halogenated alkanes) is 2. The number of hydrogen-bond acceptors (Lipinski definition) is 4. The summed E-state index contributed by atoms with van der Waals surface area (Å²) in [7, 11) is 0. The summed E-state index contributed by atoms with van der Waals surface area (Å²) in [6, 6.07) is 0. The molecule has 0 amide bonds. The predicted octanol–water partition coefficient (Wildman–Crippen LogP) is 1.44. The van der Waals surface area contributed by atoms with Crippen LogP contribution in [0.1, 0.15) is 32.0 Å². The van der Waals surface area contributed by atoms with Crippen LogP contribution in [-0.4, -0.2) is 19.6 Å². The van der Waals surface area contributed by atoms with Crippen LogP contribution in [0.3, 0.4) is 0 Å². The van der Waals surface area contributed by atoms with Gasteiger partial charge in [-0.05, 0) is 6.42 Å². The molecule has 2 heterocycles. The van der Waals surface area contributed by atoms with E-state index in [-0.39, 0.29) is 0 Å². The molecule has 2 aromatic heterocycles. The van der Waals surface area contributed by atoms with Gasteiger partial charge in [0.05, 0.1) is 0 Å². The van der Waals surface area contributed by atoms with E-state index in [9.17, 15) is 0 Å². The first-order valence-electron chi connectivity index (χ1n) is 5.27. The lowest BCUT2D eigenvalue weighted by Gasteiger charge is -2.02. The fourth-order valence-corrected chi connectivity index (χ4v) is 1.54. The van der Waals surface area contributed by atoms with Crippen molar-refractivity contribution in [2.45, 2.75) is 32.6 Å². The third-order valence-corrected chi connectivity index (χ3v) is 2.33. The van der Waals surface area contributed by atoms with Crippen LogP contribution >= 0.6 is 0 Å². The van der Waals surface area contributed by atoms with E-state index >= 15 is 0 Å². The zero-order chi connectivity index (χ0) is 10.7. The number of fused-ring (bicyclic) bond motifs is 1. The minimum absolute atomic E-state index is 0.460. The second-order valence-electron chi connectivity index (χ2n) is 3.57. The van der Waals surface area contributed by atoms with Crippen molar-refractivity contribution in [3.63, 3.8) is 0 Å². The van der Waals surface area contributed by atoms with Crippen LogP contribution in [0, 0.1) is 0 Å². The van der Waals surface area contributed by atoms with Crippen LogP contribution in [0.5, 0.6) is 0 Å². The molecular weight excluding hydrogens is 190 g/mol. The molecule has 0 unspecified atom stereocenters. The maximum absolute atomic E-state index is 5.77. The second-order valence-corrected chi connectivity index (χ2v) is 3.57. The van der Waals surface area contributed by atoms with Gasteiger partial charge in [0, 0.05) is 18.8 Å². The molecular formula is C10H15N5. The largest absolute Gasteiger partial charge is 0.380 e. The highest BCUT2D eigenvalue weighted by atomic mass is 15.3. The molecule has 0 aliphatic heterocycles. The van der Waals surface area contributed by atoms with Gasteiger partial charge in [-0.2, -0.15) is 5.10 Å². The SMILES string of the molecule is CCCCCc1nc(N)c2nccn2n1. The monoisotopic (exact) mass is 205 g/mol. The number of nitrogens with zero attached hydrogens (tertiary/aromatic N) is 4. The van der Waals surface area contributed by atoms with Gasteiger partial charge in [-0.15, -0.1) is 0 Å². The number of anilines is 1. The van der Waals surface area contributed by atoms with Crippen LogP contribution in [0.25, 0.3) is 5.65 Å². The topological polar surface area (TPSA) is 69.1 Å². The Bertz CT molecular complexity index is 448. The summed E-state index contributed by atoms with van der Waals surface area (Å²) in [5.74, 6) is 1.26. The Morgan fingerprint density at radius 2 is 2.27 bits per heavy atom. The normalized spacial score (nSPS) is 11.0. The zero-order valence-corrected chi connectivity index (χ0v) is 8.85. The molecule has 0 aliphatic rings. The lowest BCUT2D eigenvalue weighted by atomic mass is 10.2. The first-order chi connectivity index (χ1) is 7.31. The Labute approximate surface area is 88.3 Å². The van der Waals surface area contributed by atoms with Crippen molar-refractivity contribution in [3.8, 4) is 0 Å². The number of nitrogen functional groups attached to an aromatic ring is 1. The van der Waals surface area contributed by atoms with Crippen LogP contribution in [-0.2, 0) is 6.42 Å². The molecule has 0 fully saturated rings. The number of hydrogen-bond donors (Lipinski definition) is 1. The fraction of sp³-hybridized carbons (Fsp3) is 0.500. The Kier molecular flexibility index (Phi) is 2.80. The van der Waals surface area contributed by atoms with E-state index < -0.39 is 0 Å². The van der Waals surface area contributed by atoms with Gasteiger partial charge in [-0.25, -0.2) is 14.5 Å². The summed E-state index contributed by atoms with van der Waals surface area (Å²) < 4.78 is 1.68. The molecule has 2 N–H and O–H groups in total. The molecule has 0 aromatic carbocycles. The van der Waals surface area contributed by atoms with Crippen molar-refractivity contribution < 1.29 is 0 Å². The van der Waals surface area contributed by atoms with Gasteiger partial charge in [-0.3, -0.25) is 0 Å². The maximum atomic E-state index is 5.77. The third kappa shape index (κ3) is 2.06. The number of rotatable bonds is 4. The van der Waals surface area contributed by atoms with Crippen LogP contribution in [0.2, 0.25) is 0 Å². The molecule has 5 heteroatoms. The van der Waals surface area contributed by atoms with Crippen molar-refractivity contribution in [3.05, 3.63) is 18.2 Å². The Balaban J connectivity index is 2.21. The Morgan fingerprint density at radius 3 is 3.07 bits per heavy atom. The average molecular weight is 205 g/mol. The molecule has 15 heavy (non-hydrogen) atoms. The van der Waals surface area contributed by atoms with Gasteiger partial charge in [0.1, 0.15) is 0 Å². The first-order valence-corrected chi connectivity index (χ1v) is 5.27. The molecule has 2 rings (SSSR count). The van der Waals surface area contributed by atoms with Crippen molar-refractivity contribution in [2.24, 2.45) is 0 Å². The van der Waals surface area contributed by atoms with E-state index in [1.807, 2.05) is 0 Å². The van der Waals surface area contributed by atoms with Gasteiger partial charge in [-0.1, -0.05) is 19.8 Å². The number of imidazole rings is 1. The average Bonchev–Trinajstić information content (AvgIpc) is 2.66. The quantitative estimate of drug-likeness (QED) is 0.767. The maximum Gasteiger partial charge on any atom is 0.196 e. The summed E-state index contributed by atoms with van der Waals surface area (Å²) in [4.78, 5) is 8.30. The zero-order valence-electron chi connectivity index (χ0n) is 8.85. The third-order valence-electron chi connectivity index (χ3n) is 2.33. The minimum Gasteiger partial charge on any atom is -0.380 e. The van der Waals surface area contributed by atoms with Crippen LogP contribution in [0.4, 0.5) is 5.82 Å². The molecule has 0 radical (unpaired) electrons. The number of aromatic nitrogens is 4. The van der Waals surface area contributed by atoms with E-state index in [0.29, 0.717) is 11.5 Å². The summed E-state index contributed by atoms with van der Waals surface area (Å²) in [6.07, 6.45) is 7.85. The molecule has 0 saturated heterocycles. The standard InChI is InChI=1S/C10H15N5/c1-2-3-4-5-8-13-9(11)10-12-6-7-15(10)14-8/h6-7H,2-5H2,1H3,(H2,11,13,14). The Hall–Kier alpha value is -1.65. The van der Waals surface area contributed by atoms with Crippen molar-refractivity contribution >= 4 is 11.5 Å². The van der Waals surface area contributed by atoms with Gasteiger partial charge < -0.3 is 5.73 Å². The number of aryl methyl sites for hydroxylation is 1. The van der Waals surface area contributed by atoms with Gasteiger partial charge in [0.2, 0.25) is 0 Å². The highest BCUT2D eigenvalue weighted by molar-refractivity contribution is 5.58. The van der Waals surface area contributed by atoms with Gasteiger partial charge in [0.25, 0.3) is 0 Å². The van der Waals surface area contributed by atoms with E-state index in [1.165, 1.54) is 12.8 Å². The molecule has 0 spiro atoms. The fourth-order valence-electron chi connectivity index (χ4n) is 1.54. The van der Waals surface area contributed by atoms with Crippen LogP contribution < -0.4 is 5.73 Å². The van der Waals surface area contributed by atoms with Gasteiger partial charge in [0.15, 0.2) is 17.3 Å². The summed E-state index contributed by atoms with van der Waals surface area (Å²) in [5, 5.41) is 4.33. The smallest absolute Gasteiger partial charge is 0.196 e. The van der Waals surface area contributed by atoms with Gasteiger partial charge >= 0.3 is 0 Å². The van der Waals surface area contributed by atoms with Crippen molar-refractivity contribution in [1.29, 1.82) is 0 Å². The highest BCUT2D eigenvalue weighted by Gasteiger charge is 2.05. The second kappa shape index (κ2) is 4.25. The molecule has 0 saturated carbocycles. The number of nitrogens with two attached hydrogens (primary N) is 1. The minimum atomic E-state index is 0.460. The summed E-state index contributed by atoms with van der Waals surface area (Å²) in [5.41, 5.74) is 6.40. The van der Waals surface area contributed by atoms with E-state index in [0.717, 1.165) is 18.7 Å². The summed E-state index contributed by atoms with van der Waals surface area (Å²) >= 11 is 0. The predicted molar refractivity (Wildman–Crippen MR) is 58.4 cm³/mol. The Morgan fingerprint density at radius 1 is 1.40 bits per heavy atom. The van der Waals surface area contributed by atoms with E-state index in [4.69, 9.17) is 5.73 Å². The van der Waals surface area contributed by atoms with E-state index in [2.05, 4.69) is 22.0 Å². The molecule has 2 aromatic rings. The molecule has 5 nitrogen and oxygen atoms in total. The van der Waals surface area contributed by atoms with Crippen molar-refractivity contribution in [2.75, 3.05) is 5.73 Å². The lowest BCUT2D eigenvalue weighted by molar-refractivity contribution is 0.677. The molecule has 0 atom stereocenters. The molecule has 80 valence electrons. The highest BCUT2D eigenvalue weighted by Crippen LogP contribution is 2.08. The first kappa shape index (κ1) is 9.89. The van der Waals surface area contributed by atoms with Crippen molar-refractivity contribution in [1.82, 2.24) is 19.6 Å².